The second-order valence-electron chi connectivity index (χ2n) is 7.52. The van der Waals surface area contributed by atoms with Crippen molar-refractivity contribution in [1.29, 1.82) is 0 Å². The van der Waals surface area contributed by atoms with E-state index in [0.29, 0.717) is 0 Å². The van der Waals surface area contributed by atoms with Gasteiger partial charge in [-0.05, 0) is 55.1 Å². The predicted octanol–water partition coefficient (Wildman–Crippen LogP) is 4.18. The van der Waals surface area contributed by atoms with Gasteiger partial charge in [0.15, 0.2) is 0 Å². The molecule has 1 aliphatic heterocycles. The summed E-state index contributed by atoms with van der Waals surface area (Å²) in [5.41, 5.74) is 6.05. The van der Waals surface area contributed by atoms with Crippen molar-refractivity contribution in [1.82, 2.24) is 20.1 Å². The van der Waals surface area contributed by atoms with E-state index in [1.54, 1.807) is 12.1 Å². The average molecular weight is 387 g/mol. The highest BCUT2D eigenvalue weighted by Crippen LogP contribution is 2.34. The molecular formula is C23H22FN5. The van der Waals surface area contributed by atoms with Crippen molar-refractivity contribution in [2.75, 3.05) is 38.1 Å². The second kappa shape index (κ2) is 7.29. The van der Waals surface area contributed by atoms with E-state index in [1.807, 2.05) is 12.4 Å². The quantitative estimate of drug-likeness (QED) is 0.573. The number of nitrogens with one attached hydrogen (secondary N) is 1. The summed E-state index contributed by atoms with van der Waals surface area (Å²) < 4.78 is 13.3. The van der Waals surface area contributed by atoms with E-state index in [1.165, 1.54) is 17.8 Å². The van der Waals surface area contributed by atoms with Gasteiger partial charge in [-0.3, -0.25) is 10.1 Å². The van der Waals surface area contributed by atoms with Crippen LogP contribution >= 0.6 is 0 Å². The smallest absolute Gasteiger partial charge is 0.123 e. The lowest BCUT2D eigenvalue weighted by atomic mass is 9.99. The van der Waals surface area contributed by atoms with Crippen LogP contribution in [0.2, 0.25) is 0 Å². The number of anilines is 1. The van der Waals surface area contributed by atoms with Gasteiger partial charge in [0, 0.05) is 54.6 Å². The number of aromatic amines is 1. The highest BCUT2D eigenvalue weighted by molar-refractivity contribution is 5.96. The van der Waals surface area contributed by atoms with Gasteiger partial charge in [-0.25, -0.2) is 4.39 Å². The first-order valence-corrected chi connectivity index (χ1v) is 9.81. The van der Waals surface area contributed by atoms with Crippen molar-refractivity contribution in [3.05, 3.63) is 66.7 Å². The summed E-state index contributed by atoms with van der Waals surface area (Å²) in [5, 5.41) is 8.45. The fourth-order valence-corrected chi connectivity index (χ4v) is 3.96. The zero-order valence-corrected chi connectivity index (χ0v) is 16.3. The number of piperazine rings is 1. The van der Waals surface area contributed by atoms with E-state index in [0.717, 1.165) is 59.5 Å². The average Bonchev–Trinajstić information content (AvgIpc) is 3.24. The molecular weight excluding hydrogens is 365 g/mol. The first-order valence-electron chi connectivity index (χ1n) is 9.81. The van der Waals surface area contributed by atoms with Crippen molar-refractivity contribution in [2.45, 2.75) is 0 Å². The summed E-state index contributed by atoms with van der Waals surface area (Å²) in [7, 11) is 2.16. The van der Waals surface area contributed by atoms with Gasteiger partial charge in [0.25, 0.3) is 0 Å². The standard InChI is InChI=1S/C23H22FN5/c1-28-10-12-29(13-11-28)22-8-9-25-21-7-4-17(14-19(21)22)20-15-26-27-23(20)16-2-5-18(24)6-3-16/h2-9,14-15H,10-13H2,1H3,(H,26,27). The summed E-state index contributed by atoms with van der Waals surface area (Å²) >= 11 is 0. The normalized spacial score (nSPS) is 15.2. The Morgan fingerprint density at radius 1 is 0.931 bits per heavy atom. The number of hydrogen-bond donors (Lipinski definition) is 1. The van der Waals surface area contributed by atoms with E-state index in [9.17, 15) is 4.39 Å². The number of benzene rings is 2. The third-order valence-electron chi connectivity index (χ3n) is 5.65. The number of pyridine rings is 1. The van der Waals surface area contributed by atoms with Crippen LogP contribution in [0, 0.1) is 5.82 Å². The molecule has 0 saturated carbocycles. The molecule has 2 aromatic heterocycles. The van der Waals surface area contributed by atoms with Gasteiger partial charge in [-0.15, -0.1) is 0 Å². The molecule has 0 atom stereocenters. The summed E-state index contributed by atoms with van der Waals surface area (Å²) in [5.74, 6) is -0.247. The highest BCUT2D eigenvalue weighted by Gasteiger charge is 2.18. The van der Waals surface area contributed by atoms with Crippen LogP contribution in [-0.4, -0.2) is 53.3 Å². The molecule has 3 heterocycles. The first-order chi connectivity index (χ1) is 14.2. The molecule has 0 aliphatic carbocycles. The molecule has 0 unspecified atom stereocenters. The van der Waals surface area contributed by atoms with Crippen LogP contribution in [-0.2, 0) is 0 Å². The summed E-state index contributed by atoms with van der Waals surface area (Å²) in [6.45, 7) is 4.12. The largest absolute Gasteiger partial charge is 0.368 e. The Bertz CT molecular complexity index is 1140. The SMILES string of the molecule is CN1CCN(c2ccnc3ccc(-c4cn[nH]c4-c4ccc(F)cc4)cc23)CC1. The highest BCUT2D eigenvalue weighted by atomic mass is 19.1. The molecule has 4 aromatic rings. The maximum atomic E-state index is 13.3. The number of halogens is 1. The maximum absolute atomic E-state index is 13.3. The maximum Gasteiger partial charge on any atom is 0.123 e. The van der Waals surface area contributed by atoms with Gasteiger partial charge in [-0.2, -0.15) is 5.10 Å². The predicted molar refractivity (Wildman–Crippen MR) is 114 cm³/mol. The molecule has 1 aliphatic rings. The van der Waals surface area contributed by atoms with E-state index in [4.69, 9.17) is 0 Å². The van der Waals surface area contributed by atoms with Crippen LogP contribution in [0.5, 0.6) is 0 Å². The van der Waals surface area contributed by atoms with Gasteiger partial charge < -0.3 is 9.80 Å². The molecule has 5 nitrogen and oxygen atoms in total. The lowest BCUT2D eigenvalue weighted by molar-refractivity contribution is 0.313. The van der Waals surface area contributed by atoms with Crippen LogP contribution in [0.25, 0.3) is 33.3 Å². The number of likely N-dealkylation sites (N-methyl/N-ethyl adjacent to an activating group) is 1. The molecule has 1 fully saturated rings. The number of fused-ring (bicyclic) bond motifs is 1. The Morgan fingerprint density at radius 3 is 2.48 bits per heavy atom. The number of aromatic nitrogens is 3. The van der Waals surface area contributed by atoms with E-state index in [2.05, 4.69) is 56.3 Å². The van der Waals surface area contributed by atoms with E-state index >= 15 is 0 Å². The molecule has 0 amide bonds. The summed E-state index contributed by atoms with van der Waals surface area (Å²) in [4.78, 5) is 9.35. The van der Waals surface area contributed by atoms with Crippen molar-refractivity contribution in [2.24, 2.45) is 0 Å². The van der Waals surface area contributed by atoms with Crippen molar-refractivity contribution < 1.29 is 4.39 Å². The Balaban J connectivity index is 1.58. The second-order valence-corrected chi connectivity index (χ2v) is 7.52. The third kappa shape index (κ3) is 3.36. The number of hydrogen-bond acceptors (Lipinski definition) is 4. The first kappa shape index (κ1) is 17.8. The third-order valence-corrected chi connectivity index (χ3v) is 5.65. The molecule has 2 aromatic carbocycles. The Kier molecular flexibility index (Phi) is 4.48. The molecule has 0 bridgehead atoms. The van der Waals surface area contributed by atoms with Crippen molar-refractivity contribution >= 4 is 16.6 Å². The minimum atomic E-state index is -0.247. The summed E-state index contributed by atoms with van der Waals surface area (Å²) in [6.07, 6.45) is 3.71. The molecule has 146 valence electrons. The lowest BCUT2D eigenvalue weighted by Crippen LogP contribution is -2.44. The topological polar surface area (TPSA) is 48.1 Å². The van der Waals surface area contributed by atoms with Gasteiger partial charge in [0.1, 0.15) is 5.82 Å². The molecule has 1 N–H and O–H groups in total. The lowest BCUT2D eigenvalue weighted by Gasteiger charge is -2.34. The van der Waals surface area contributed by atoms with Crippen LogP contribution in [0.15, 0.2) is 60.9 Å². The number of H-pyrrole nitrogens is 1. The minimum absolute atomic E-state index is 0.247. The number of nitrogens with zero attached hydrogens (tertiary/aromatic N) is 4. The van der Waals surface area contributed by atoms with Crippen molar-refractivity contribution in [3.63, 3.8) is 0 Å². The summed E-state index contributed by atoms with van der Waals surface area (Å²) in [6, 6.07) is 14.9. The molecule has 1 saturated heterocycles. The van der Waals surface area contributed by atoms with E-state index in [-0.39, 0.29) is 5.82 Å². The number of rotatable bonds is 3. The van der Waals surface area contributed by atoms with Crippen LogP contribution < -0.4 is 4.90 Å². The fourth-order valence-electron chi connectivity index (χ4n) is 3.96. The van der Waals surface area contributed by atoms with Crippen LogP contribution in [0.4, 0.5) is 10.1 Å². The van der Waals surface area contributed by atoms with Gasteiger partial charge in [-0.1, -0.05) is 6.07 Å². The Labute approximate surface area is 168 Å². The van der Waals surface area contributed by atoms with E-state index < -0.39 is 0 Å². The molecule has 5 rings (SSSR count). The molecule has 6 heteroatoms. The zero-order valence-electron chi connectivity index (χ0n) is 16.3. The fraction of sp³-hybridized carbons (Fsp3) is 0.217. The van der Waals surface area contributed by atoms with Crippen LogP contribution in [0.1, 0.15) is 0 Å². The van der Waals surface area contributed by atoms with Crippen LogP contribution in [0.3, 0.4) is 0 Å². The molecule has 29 heavy (non-hydrogen) atoms. The van der Waals surface area contributed by atoms with Gasteiger partial charge in [0.2, 0.25) is 0 Å². The minimum Gasteiger partial charge on any atom is -0.368 e. The monoisotopic (exact) mass is 387 g/mol. The Hall–Kier alpha value is -3.25. The van der Waals surface area contributed by atoms with Crippen molar-refractivity contribution in [3.8, 4) is 22.4 Å². The Morgan fingerprint density at radius 2 is 1.69 bits per heavy atom. The zero-order chi connectivity index (χ0) is 19.8. The molecule has 0 spiro atoms. The van der Waals surface area contributed by atoms with Gasteiger partial charge in [0.05, 0.1) is 17.4 Å². The molecule has 0 radical (unpaired) electrons. The van der Waals surface area contributed by atoms with Gasteiger partial charge >= 0.3 is 0 Å².